The Hall–Kier alpha value is -0.120. The number of hydrogen-bond donors (Lipinski definition) is 0. The zero-order valence-corrected chi connectivity index (χ0v) is 15.2. The average Bonchev–Trinajstić information content (AvgIpc) is 2.47. The highest BCUT2D eigenvalue weighted by Crippen LogP contribution is 1.99. The van der Waals surface area contributed by atoms with E-state index >= 15 is 0 Å². The predicted octanol–water partition coefficient (Wildman–Crippen LogP) is 4.03. The summed E-state index contributed by atoms with van der Waals surface area (Å²) < 4.78 is 5.79. The first-order valence-electron chi connectivity index (χ1n) is 9.30. The van der Waals surface area contributed by atoms with Crippen LogP contribution >= 0.6 is 0 Å². The van der Waals surface area contributed by atoms with Gasteiger partial charge in [-0.3, -0.25) is 0 Å². The number of nitrogens with zero attached hydrogens (tertiary/aromatic N) is 2. The van der Waals surface area contributed by atoms with Gasteiger partial charge in [-0.05, 0) is 64.7 Å². The standard InChI is InChI=1S/C18H40N2O/c1-5-11-19(12-6-2)15-9-17-21-18-10-16-20(13-7-3)14-8-4/h5-18H2,1-4H3. The van der Waals surface area contributed by atoms with Crippen LogP contribution in [0.15, 0.2) is 0 Å². The molecule has 0 rings (SSSR count). The fourth-order valence-corrected chi connectivity index (χ4v) is 2.82. The summed E-state index contributed by atoms with van der Waals surface area (Å²) >= 11 is 0. The van der Waals surface area contributed by atoms with Gasteiger partial charge < -0.3 is 14.5 Å². The highest BCUT2D eigenvalue weighted by molar-refractivity contribution is 4.57. The molecule has 0 aromatic heterocycles. The molecule has 0 atom stereocenters. The van der Waals surface area contributed by atoms with E-state index in [0.717, 1.165) is 13.2 Å². The first-order chi connectivity index (χ1) is 10.3. The van der Waals surface area contributed by atoms with Crippen molar-refractivity contribution in [2.75, 3.05) is 52.5 Å². The van der Waals surface area contributed by atoms with Crippen LogP contribution in [-0.2, 0) is 4.74 Å². The van der Waals surface area contributed by atoms with Crippen LogP contribution in [0.4, 0.5) is 0 Å². The molecule has 0 aromatic rings. The van der Waals surface area contributed by atoms with Gasteiger partial charge in [-0.25, -0.2) is 0 Å². The van der Waals surface area contributed by atoms with E-state index in [0.29, 0.717) is 0 Å². The van der Waals surface area contributed by atoms with Gasteiger partial charge in [-0.2, -0.15) is 0 Å². The SMILES string of the molecule is CCCN(CCC)CCCOCCCN(CCC)CCC. The smallest absolute Gasteiger partial charge is 0.0478 e. The first-order valence-corrected chi connectivity index (χ1v) is 9.30. The Bertz CT molecular complexity index is 168. The van der Waals surface area contributed by atoms with Crippen molar-refractivity contribution in [2.24, 2.45) is 0 Å². The summed E-state index contributed by atoms with van der Waals surface area (Å²) in [5.74, 6) is 0. The van der Waals surface area contributed by atoms with Gasteiger partial charge in [0.15, 0.2) is 0 Å². The lowest BCUT2D eigenvalue weighted by atomic mass is 10.3. The molecule has 0 spiro atoms. The van der Waals surface area contributed by atoms with Crippen molar-refractivity contribution in [3.05, 3.63) is 0 Å². The molecule has 0 saturated carbocycles. The third-order valence-corrected chi connectivity index (χ3v) is 3.69. The summed E-state index contributed by atoms with van der Waals surface area (Å²) in [4.78, 5) is 5.13. The lowest BCUT2D eigenvalue weighted by molar-refractivity contribution is 0.109. The van der Waals surface area contributed by atoms with E-state index < -0.39 is 0 Å². The van der Waals surface area contributed by atoms with Crippen molar-refractivity contribution in [1.29, 1.82) is 0 Å². The van der Waals surface area contributed by atoms with Crippen molar-refractivity contribution in [1.82, 2.24) is 9.80 Å². The van der Waals surface area contributed by atoms with E-state index in [1.165, 1.54) is 77.8 Å². The molecule has 0 bridgehead atoms. The minimum absolute atomic E-state index is 0.922. The fourth-order valence-electron chi connectivity index (χ4n) is 2.82. The molecule has 21 heavy (non-hydrogen) atoms. The number of rotatable bonds is 16. The van der Waals surface area contributed by atoms with Crippen LogP contribution in [0.5, 0.6) is 0 Å². The topological polar surface area (TPSA) is 15.7 Å². The minimum Gasteiger partial charge on any atom is -0.381 e. The summed E-state index contributed by atoms with van der Waals surface area (Å²) in [6.45, 7) is 18.2. The molecular weight excluding hydrogens is 260 g/mol. The quantitative estimate of drug-likeness (QED) is 0.400. The lowest BCUT2D eigenvalue weighted by Gasteiger charge is -2.21. The van der Waals surface area contributed by atoms with Crippen molar-refractivity contribution in [2.45, 2.75) is 66.2 Å². The molecule has 0 aliphatic carbocycles. The molecule has 128 valence electrons. The molecule has 0 heterocycles. The van der Waals surface area contributed by atoms with Crippen LogP contribution in [0.3, 0.4) is 0 Å². The average molecular weight is 301 g/mol. The van der Waals surface area contributed by atoms with E-state index in [1.807, 2.05) is 0 Å². The van der Waals surface area contributed by atoms with Gasteiger partial charge in [0.05, 0.1) is 0 Å². The maximum atomic E-state index is 5.79. The largest absolute Gasteiger partial charge is 0.381 e. The van der Waals surface area contributed by atoms with Crippen LogP contribution in [-0.4, -0.2) is 62.3 Å². The Morgan fingerprint density at radius 1 is 0.524 bits per heavy atom. The first kappa shape index (κ1) is 20.9. The zero-order chi connectivity index (χ0) is 15.8. The molecule has 0 aromatic carbocycles. The lowest BCUT2D eigenvalue weighted by Crippen LogP contribution is -2.28. The van der Waals surface area contributed by atoms with Crippen molar-refractivity contribution >= 4 is 0 Å². The van der Waals surface area contributed by atoms with Crippen LogP contribution < -0.4 is 0 Å². The Morgan fingerprint density at radius 2 is 0.857 bits per heavy atom. The van der Waals surface area contributed by atoms with Crippen molar-refractivity contribution < 1.29 is 4.74 Å². The van der Waals surface area contributed by atoms with Crippen LogP contribution in [0.1, 0.15) is 66.2 Å². The van der Waals surface area contributed by atoms with Gasteiger partial charge in [0.2, 0.25) is 0 Å². The molecule has 0 saturated heterocycles. The van der Waals surface area contributed by atoms with E-state index in [1.54, 1.807) is 0 Å². The second-order valence-corrected chi connectivity index (χ2v) is 6.00. The highest BCUT2D eigenvalue weighted by Gasteiger charge is 2.03. The minimum atomic E-state index is 0.922. The summed E-state index contributed by atoms with van der Waals surface area (Å²) in [5.41, 5.74) is 0. The maximum Gasteiger partial charge on any atom is 0.0478 e. The second-order valence-electron chi connectivity index (χ2n) is 6.00. The summed E-state index contributed by atoms with van der Waals surface area (Å²) in [6.07, 6.45) is 7.37. The molecular formula is C18H40N2O. The zero-order valence-electron chi connectivity index (χ0n) is 15.2. The number of hydrogen-bond acceptors (Lipinski definition) is 3. The van der Waals surface area contributed by atoms with Crippen LogP contribution in [0.2, 0.25) is 0 Å². The van der Waals surface area contributed by atoms with Crippen LogP contribution in [0.25, 0.3) is 0 Å². The second kappa shape index (κ2) is 16.3. The predicted molar refractivity (Wildman–Crippen MR) is 94.1 cm³/mol. The third-order valence-electron chi connectivity index (χ3n) is 3.69. The van der Waals surface area contributed by atoms with Gasteiger partial charge in [0.25, 0.3) is 0 Å². The van der Waals surface area contributed by atoms with Crippen molar-refractivity contribution in [3.8, 4) is 0 Å². The van der Waals surface area contributed by atoms with Gasteiger partial charge in [-0.15, -0.1) is 0 Å². The van der Waals surface area contributed by atoms with E-state index in [-0.39, 0.29) is 0 Å². The summed E-state index contributed by atoms with van der Waals surface area (Å²) in [7, 11) is 0. The van der Waals surface area contributed by atoms with Crippen LogP contribution in [0, 0.1) is 0 Å². The molecule has 0 N–H and O–H groups in total. The third kappa shape index (κ3) is 13.3. The van der Waals surface area contributed by atoms with E-state index in [2.05, 4.69) is 37.5 Å². The van der Waals surface area contributed by atoms with E-state index in [4.69, 9.17) is 4.74 Å². The molecule has 3 nitrogen and oxygen atoms in total. The summed E-state index contributed by atoms with van der Waals surface area (Å²) in [6, 6.07) is 0. The molecule has 0 amide bonds. The number of ether oxygens (including phenoxy) is 1. The Kier molecular flexibility index (Phi) is 16.2. The fraction of sp³-hybridized carbons (Fsp3) is 1.00. The molecule has 3 heteroatoms. The molecule has 0 aliphatic rings. The molecule has 0 aliphatic heterocycles. The van der Waals surface area contributed by atoms with Crippen molar-refractivity contribution in [3.63, 3.8) is 0 Å². The molecule has 0 radical (unpaired) electrons. The molecule has 0 unspecified atom stereocenters. The maximum absolute atomic E-state index is 5.79. The normalized spacial score (nSPS) is 11.7. The molecule has 0 fully saturated rings. The van der Waals surface area contributed by atoms with E-state index in [9.17, 15) is 0 Å². The summed E-state index contributed by atoms with van der Waals surface area (Å²) in [5, 5.41) is 0. The Morgan fingerprint density at radius 3 is 1.14 bits per heavy atom. The van der Waals surface area contributed by atoms with Gasteiger partial charge in [0, 0.05) is 26.3 Å². The highest BCUT2D eigenvalue weighted by atomic mass is 16.5. The monoisotopic (exact) mass is 300 g/mol. The van der Waals surface area contributed by atoms with Gasteiger partial charge in [-0.1, -0.05) is 27.7 Å². The Balaban J connectivity index is 3.48. The Labute approximate surface area is 134 Å². The van der Waals surface area contributed by atoms with Gasteiger partial charge >= 0.3 is 0 Å². The van der Waals surface area contributed by atoms with Gasteiger partial charge in [0.1, 0.15) is 0 Å².